The van der Waals surface area contributed by atoms with Crippen LogP contribution in [0, 0.1) is 10.1 Å². The zero-order chi connectivity index (χ0) is 15.4. The summed E-state index contributed by atoms with van der Waals surface area (Å²) in [5, 5.41) is 11.0. The predicted octanol–water partition coefficient (Wildman–Crippen LogP) is 2.39. The third-order valence-electron chi connectivity index (χ3n) is 2.78. The lowest BCUT2D eigenvalue weighted by molar-refractivity contribution is -0.385. The average Bonchev–Trinajstić information content (AvgIpc) is 2.46. The van der Waals surface area contributed by atoms with Crippen molar-refractivity contribution in [2.24, 2.45) is 4.99 Å². The van der Waals surface area contributed by atoms with Crippen LogP contribution in [0.4, 0.5) is 5.69 Å². The molecular weight excluding hydrogens is 270 g/mol. The third kappa shape index (κ3) is 3.22. The molecule has 0 aliphatic heterocycles. The van der Waals surface area contributed by atoms with Crippen LogP contribution in [-0.2, 0) is 0 Å². The second kappa shape index (κ2) is 6.13. The van der Waals surface area contributed by atoms with Crippen LogP contribution in [0.3, 0.4) is 0 Å². The lowest BCUT2D eigenvalue weighted by Gasteiger charge is -2.07. The van der Waals surface area contributed by atoms with Crippen LogP contribution in [0.25, 0.3) is 0 Å². The molecule has 0 atom stereocenters. The zero-order valence-corrected chi connectivity index (χ0v) is 11.8. The van der Waals surface area contributed by atoms with Gasteiger partial charge in [-0.25, -0.2) is 0 Å². The summed E-state index contributed by atoms with van der Waals surface area (Å²) in [6, 6.07) is 11.1. The SMILES string of the molecule is CC(C)N=c1ccccn1C(=O)c1ccccc1[N+](=O)[O-]. The highest BCUT2D eigenvalue weighted by Gasteiger charge is 2.20. The molecule has 0 saturated heterocycles. The van der Waals surface area contributed by atoms with E-state index in [0.717, 1.165) is 0 Å². The molecule has 1 aromatic carbocycles. The van der Waals surface area contributed by atoms with Crippen molar-refractivity contribution in [1.29, 1.82) is 0 Å². The first kappa shape index (κ1) is 14.6. The lowest BCUT2D eigenvalue weighted by atomic mass is 10.1. The number of rotatable bonds is 3. The molecule has 6 heteroatoms. The Hall–Kier alpha value is -2.76. The second-order valence-corrected chi connectivity index (χ2v) is 4.73. The first-order valence-electron chi connectivity index (χ1n) is 6.50. The lowest BCUT2D eigenvalue weighted by Crippen LogP contribution is -2.28. The Labute approximate surface area is 121 Å². The summed E-state index contributed by atoms with van der Waals surface area (Å²) < 4.78 is 1.32. The van der Waals surface area contributed by atoms with E-state index in [4.69, 9.17) is 0 Å². The number of nitro groups is 1. The summed E-state index contributed by atoms with van der Waals surface area (Å²) in [5.74, 6) is -0.470. The normalized spacial score (nSPS) is 11.7. The van der Waals surface area contributed by atoms with Crippen LogP contribution in [-0.4, -0.2) is 21.4 Å². The van der Waals surface area contributed by atoms with E-state index in [1.165, 1.54) is 22.8 Å². The summed E-state index contributed by atoms with van der Waals surface area (Å²) >= 11 is 0. The van der Waals surface area contributed by atoms with Crippen molar-refractivity contribution in [2.45, 2.75) is 19.9 Å². The summed E-state index contributed by atoms with van der Waals surface area (Å²) in [5.41, 5.74) is 0.295. The van der Waals surface area contributed by atoms with E-state index in [0.29, 0.717) is 5.49 Å². The van der Waals surface area contributed by atoms with Gasteiger partial charge in [0.2, 0.25) is 0 Å². The van der Waals surface area contributed by atoms with E-state index in [2.05, 4.69) is 4.99 Å². The Kier molecular flexibility index (Phi) is 4.27. The average molecular weight is 285 g/mol. The predicted molar refractivity (Wildman–Crippen MR) is 78.0 cm³/mol. The molecule has 0 radical (unpaired) electrons. The van der Waals surface area contributed by atoms with Crippen LogP contribution in [0.2, 0.25) is 0 Å². The molecule has 1 heterocycles. The summed E-state index contributed by atoms with van der Waals surface area (Å²) in [6.07, 6.45) is 1.56. The molecule has 2 rings (SSSR count). The number of benzene rings is 1. The van der Waals surface area contributed by atoms with Gasteiger partial charge in [-0.05, 0) is 32.0 Å². The third-order valence-corrected chi connectivity index (χ3v) is 2.78. The van der Waals surface area contributed by atoms with Crippen molar-refractivity contribution in [3.8, 4) is 0 Å². The first-order valence-corrected chi connectivity index (χ1v) is 6.50. The van der Waals surface area contributed by atoms with Crippen LogP contribution >= 0.6 is 0 Å². The molecule has 0 aliphatic carbocycles. The minimum absolute atomic E-state index is 0.0113. The van der Waals surface area contributed by atoms with E-state index in [9.17, 15) is 14.9 Å². The highest BCUT2D eigenvalue weighted by molar-refractivity contribution is 5.99. The van der Waals surface area contributed by atoms with E-state index in [1.807, 2.05) is 13.8 Å². The van der Waals surface area contributed by atoms with Gasteiger partial charge in [0, 0.05) is 18.3 Å². The number of aromatic nitrogens is 1. The van der Waals surface area contributed by atoms with Gasteiger partial charge in [-0.2, -0.15) is 0 Å². The zero-order valence-electron chi connectivity index (χ0n) is 11.8. The minimum Gasteiger partial charge on any atom is -0.268 e. The van der Waals surface area contributed by atoms with Gasteiger partial charge in [0.25, 0.3) is 11.6 Å². The number of hydrogen-bond donors (Lipinski definition) is 0. The fourth-order valence-corrected chi connectivity index (χ4v) is 1.92. The van der Waals surface area contributed by atoms with Gasteiger partial charge in [0.05, 0.1) is 4.92 Å². The molecule has 1 aromatic heterocycles. The molecular formula is C15H15N3O3. The standard InChI is InChI=1S/C15H15N3O3/c1-11(2)16-14-9-5-6-10-17(14)15(19)12-7-3-4-8-13(12)18(20)21/h3-11H,1-2H3. The van der Waals surface area contributed by atoms with Gasteiger partial charge in [-0.15, -0.1) is 0 Å². The Morgan fingerprint density at radius 1 is 1.19 bits per heavy atom. The first-order chi connectivity index (χ1) is 10.0. The molecule has 0 N–H and O–H groups in total. The molecule has 0 aliphatic rings. The maximum absolute atomic E-state index is 12.6. The molecule has 0 spiro atoms. The molecule has 0 unspecified atom stereocenters. The number of carbonyl (C=O) groups excluding carboxylic acids is 1. The molecule has 0 bridgehead atoms. The Bertz CT molecular complexity index is 748. The van der Waals surface area contributed by atoms with E-state index in [1.54, 1.807) is 30.5 Å². The Morgan fingerprint density at radius 3 is 2.52 bits per heavy atom. The minimum atomic E-state index is -0.560. The number of para-hydroxylation sites is 1. The number of nitrogens with zero attached hydrogens (tertiary/aromatic N) is 3. The van der Waals surface area contributed by atoms with Gasteiger partial charge in [-0.1, -0.05) is 18.2 Å². The fraction of sp³-hybridized carbons (Fsp3) is 0.200. The van der Waals surface area contributed by atoms with E-state index >= 15 is 0 Å². The molecule has 0 saturated carbocycles. The van der Waals surface area contributed by atoms with Gasteiger partial charge in [0.15, 0.2) is 0 Å². The highest BCUT2D eigenvalue weighted by Crippen LogP contribution is 2.18. The van der Waals surface area contributed by atoms with E-state index < -0.39 is 10.8 Å². The van der Waals surface area contributed by atoms with Crippen molar-refractivity contribution >= 4 is 11.6 Å². The smallest absolute Gasteiger partial charge is 0.268 e. The highest BCUT2D eigenvalue weighted by atomic mass is 16.6. The quantitative estimate of drug-likeness (QED) is 0.641. The van der Waals surface area contributed by atoms with Crippen LogP contribution < -0.4 is 5.49 Å². The summed E-state index contributed by atoms with van der Waals surface area (Å²) in [6.45, 7) is 3.79. The Morgan fingerprint density at radius 2 is 1.86 bits per heavy atom. The molecule has 0 amide bonds. The maximum Gasteiger partial charge on any atom is 0.282 e. The molecule has 21 heavy (non-hydrogen) atoms. The number of carbonyl (C=O) groups is 1. The number of pyridine rings is 1. The van der Waals surface area contributed by atoms with Crippen molar-refractivity contribution in [3.63, 3.8) is 0 Å². The fourth-order valence-electron chi connectivity index (χ4n) is 1.92. The number of nitro benzene ring substituents is 1. The summed E-state index contributed by atoms with van der Waals surface area (Å²) in [4.78, 5) is 27.4. The molecule has 2 aromatic rings. The second-order valence-electron chi connectivity index (χ2n) is 4.73. The molecule has 0 fully saturated rings. The van der Waals surface area contributed by atoms with Gasteiger partial charge >= 0.3 is 0 Å². The van der Waals surface area contributed by atoms with Gasteiger partial charge in [0.1, 0.15) is 11.1 Å². The van der Waals surface area contributed by atoms with Crippen molar-refractivity contribution in [1.82, 2.24) is 4.57 Å². The van der Waals surface area contributed by atoms with Crippen molar-refractivity contribution in [2.75, 3.05) is 0 Å². The van der Waals surface area contributed by atoms with Gasteiger partial charge in [-0.3, -0.25) is 24.5 Å². The Balaban J connectivity index is 2.60. The number of hydrogen-bond acceptors (Lipinski definition) is 4. The van der Waals surface area contributed by atoms with Crippen LogP contribution in [0.1, 0.15) is 24.2 Å². The van der Waals surface area contributed by atoms with Crippen molar-refractivity contribution in [3.05, 3.63) is 69.8 Å². The molecule has 6 nitrogen and oxygen atoms in total. The topological polar surface area (TPSA) is 77.5 Å². The van der Waals surface area contributed by atoms with E-state index in [-0.39, 0.29) is 17.3 Å². The van der Waals surface area contributed by atoms with Crippen molar-refractivity contribution < 1.29 is 9.72 Å². The largest absolute Gasteiger partial charge is 0.282 e. The maximum atomic E-state index is 12.6. The monoisotopic (exact) mass is 285 g/mol. The summed E-state index contributed by atoms with van der Waals surface area (Å²) in [7, 11) is 0. The molecule has 108 valence electrons. The van der Waals surface area contributed by atoms with Crippen LogP contribution in [0.15, 0.2) is 53.7 Å². The van der Waals surface area contributed by atoms with Crippen LogP contribution in [0.5, 0.6) is 0 Å². The van der Waals surface area contributed by atoms with Gasteiger partial charge < -0.3 is 0 Å².